The lowest BCUT2D eigenvalue weighted by Gasteiger charge is -2.05. The van der Waals surface area contributed by atoms with Gasteiger partial charge < -0.3 is 10.6 Å². The predicted octanol–water partition coefficient (Wildman–Crippen LogP) is -0.0411. The Balaban J connectivity index is 2.23. The van der Waals surface area contributed by atoms with E-state index in [1.807, 2.05) is 6.92 Å². The zero-order valence-electron chi connectivity index (χ0n) is 7.72. The Morgan fingerprint density at radius 1 is 1.54 bits per heavy atom. The number of nitrogens with one attached hydrogen (secondary N) is 2. The molecule has 0 saturated carbocycles. The summed E-state index contributed by atoms with van der Waals surface area (Å²) in [5.41, 5.74) is 0.872. The summed E-state index contributed by atoms with van der Waals surface area (Å²) < 4.78 is 0. The first-order valence-electron chi connectivity index (χ1n) is 4.46. The minimum absolute atomic E-state index is 0.0391. The van der Waals surface area contributed by atoms with Crippen LogP contribution in [0.15, 0.2) is 11.8 Å². The first kappa shape index (κ1) is 9.77. The summed E-state index contributed by atoms with van der Waals surface area (Å²) in [7, 11) is 0. The van der Waals surface area contributed by atoms with Gasteiger partial charge in [-0.2, -0.15) is 0 Å². The van der Waals surface area contributed by atoms with Gasteiger partial charge in [0.1, 0.15) is 0 Å². The van der Waals surface area contributed by atoms with Crippen LogP contribution in [-0.2, 0) is 9.59 Å². The van der Waals surface area contributed by atoms with Crippen molar-refractivity contribution in [1.29, 1.82) is 0 Å². The summed E-state index contributed by atoms with van der Waals surface area (Å²) >= 11 is 0. The molecule has 1 aliphatic rings. The van der Waals surface area contributed by atoms with Gasteiger partial charge in [0.2, 0.25) is 5.91 Å². The average Bonchev–Trinajstić information content (AvgIpc) is 2.49. The molecule has 1 amide bonds. The standard InChI is InChI=1S/C9H14N2O2/c1-2-10-9(13)6-11-7-3-4-8(12)5-7/h5,11H,2-4,6H2,1H3,(H,10,13). The Labute approximate surface area is 77.4 Å². The van der Waals surface area contributed by atoms with Gasteiger partial charge in [-0.1, -0.05) is 0 Å². The van der Waals surface area contributed by atoms with Crippen LogP contribution in [-0.4, -0.2) is 24.8 Å². The summed E-state index contributed by atoms with van der Waals surface area (Å²) in [6.45, 7) is 2.77. The molecule has 0 aromatic rings. The molecule has 0 spiro atoms. The molecule has 0 aromatic heterocycles. The lowest BCUT2D eigenvalue weighted by atomic mass is 10.3. The Morgan fingerprint density at radius 2 is 2.31 bits per heavy atom. The number of likely N-dealkylation sites (N-methyl/N-ethyl adjacent to an activating group) is 1. The van der Waals surface area contributed by atoms with Gasteiger partial charge in [0.15, 0.2) is 5.78 Å². The van der Waals surface area contributed by atoms with Crippen LogP contribution in [0.25, 0.3) is 0 Å². The number of carbonyl (C=O) groups excluding carboxylic acids is 2. The molecule has 0 radical (unpaired) electrons. The number of allylic oxidation sites excluding steroid dienone is 2. The van der Waals surface area contributed by atoms with E-state index in [9.17, 15) is 9.59 Å². The normalized spacial score (nSPS) is 15.5. The van der Waals surface area contributed by atoms with Crippen LogP contribution < -0.4 is 10.6 Å². The van der Waals surface area contributed by atoms with Crippen LogP contribution in [0, 0.1) is 0 Å². The fraction of sp³-hybridized carbons (Fsp3) is 0.556. The quantitative estimate of drug-likeness (QED) is 0.641. The van der Waals surface area contributed by atoms with Gasteiger partial charge in [0.25, 0.3) is 0 Å². The molecule has 0 aromatic carbocycles. The number of carbonyl (C=O) groups is 2. The molecule has 2 N–H and O–H groups in total. The highest BCUT2D eigenvalue weighted by Crippen LogP contribution is 2.10. The van der Waals surface area contributed by atoms with Gasteiger partial charge in [0.05, 0.1) is 6.54 Å². The van der Waals surface area contributed by atoms with Crippen molar-refractivity contribution in [2.24, 2.45) is 0 Å². The second kappa shape index (κ2) is 4.64. The molecule has 0 unspecified atom stereocenters. The highest BCUT2D eigenvalue weighted by atomic mass is 16.2. The molecule has 4 heteroatoms. The predicted molar refractivity (Wildman–Crippen MR) is 49.0 cm³/mol. The number of rotatable bonds is 4. The molecule has 0 saturated heterocycles. The van der Waals surface area contributed by atoms with Crippen LogP contribution in [0.1, 0.15) is 19.8 Å². The van der Waals surface area contributed by atoms with Gasteiger partial charge in [0, 0.05) is 24.7 Å². The maximum Gasteiger partial charge on any atom is 0.239 e. The number of hydrogen-bond donors (Lipinski definition) is 2. The zero-order chi connectivity index (χ0) is 9.68. The molecule has 13 heavy (non-hydrogen) atoms. The van der Waals surface area contributed by atoms with E-state index in [2.05, 4.69) is 10.6 Å². The lowest BCUT2D eigenvalue weighted by molar-refractivity contribution is -0.120. The van der Waals surface area contributed by atoms with Crippen molar-refractivity contribution >= 4 is 11.7 Å². The van der Waals surface area contributed by atoms with Crippen molar-refractivity contribution in [2.45, 2.75) is 19.8 Å². The van der Waals surface area contributed by atoms with Crippen LogP contribution in [0.2, 0.25) is 0 Å². The third-order valence-electron chi connectivity index (χ3n) is 1.83. The smallest absolute Gasteiger partial charge is 0.239 e. The van der Waals surface area contributed by atoms with Crippen molar-refractivity contribution in [3.8, 4) is 0 Å². The molecule has 0 fully saturated rings. The Bertz CT molecular complexity index is 246. The van der Waals surface area contributed by atoms with Crippen LogP contribution in [0.3, 0.4) is 0 Å². The van der Waals surface area contributed by atoms with Gasteiger partial charge >= 0.3 is 0 Å². The second-order valence-corrected chi connectivity index (χ2v) is 2.94. The van der Waals surface area contributed by atoms with Crippen molar-refractivity contribution in [2.75, 3.05) is 13.1 Å². The molecule has 72 valence electrons. The van der Waals surface area contributed by atoms with Gasteiger partial charge in [-0.25, -0.2) is 0 Å². The van der Waals surface area contributed by atoms with Gasteiger partial charge in [-0.15, -0.1) is 0 Å². The van der Waals surface area contributed by atoms with E-state index in [4.69, 9.17) is 0 Å². The molecule has 4 nitrogen and oxygen atoms in total. The van der Waals surface area contributed by atoms with E-state index in [0.29, 0.717) is 13.0 Å². The van der Waals surface area contributed by atoms with Crippen molar-refractivity contribution < 1.29 is 9.59 Å². The summed E-state index contributed by atoms with van der Waals surface area (Å²) in [5, 5.41) is 5.59. The maximum atomic E-state index is 11.0. The van der Waals surface area contributed by atoms with Crippen molar-refractivity contribution in [3.63, 3.8) is 0 Å². The van der Waals surface area contributed by atoms with Crippen molar-refractivity contribution in [3.05, 3.63) is 11.8 Å². The fourth-order valence-corrected chi connectivity index (χ4v) is 1.19. The van der Waals surface area contributed by atoms with E-state index in [1.165, 1.54) is 0 Å². The van der Waals surface area contributed by atoms with E-state index < -0.39 is 0 Å². The summed E-state index contributed by atoms with van der Waals surface area (Å²) in [5.74, 6) is 0.0983. The molecule has 0 atom stereocenters. The number of ketones is 1. The topological polar surface area (TPSA) is 58.2 Å². The minimum atomic E-state index is -0.0391. The monoisotopic (exact) mass is 182 g/mol. The van der Waals surface area contributed by atoms with Gasteiger partial charge in [-0.3, -0.25) is 9.59 Å². The second-order valence-electron chi connectivity index (χ2n) is 2.94. The first-order chi connectivity index (χ1) is 6.22. The highest BCUT2D eigenvalue weighted by Gasteiger charge is 2.11. The van der Waals surface area contributed by atoms with Crippen molar-refractivity contribution in [1.82, 2.24) is 10.6 Å². The number of amides is 1. The molecule has 1 aliphatic carbocycles. The molecule has 0 bridgehead atoms. The fourth-order valence-electron chi connectivity index (χ4n) is 1.19. The summed E-state index contributed by atoms with van der Waals surface area (Å²) in [4.78, 5) is 21.8. The van der Waals surface area contributed by atoms with Crippen LogP contribution >= 0.6 is 0 Å². The molecule has 0 aliphatic heterocycles. The third-order valence-corrected chi connectivity index (χ3v) is 1.83. The van der Waals surface area contributed by atoms with Gasteiger partial charge in [-0.05, 0) is 13.3 Å². The molecular weight excluding hydrogens is 168 g/mol. The summed E-state index contributed by atoms with van der Waals surface area (Å²) in [6.07, 6.45) is 2.87. The molecule has 0 heterocycles. The van der Waals surface area contributed by atoms with Crippen LogP contribution in [0.5, 0.6) is 0 Å². The SMILES string of the molecule is CCNC(=O)CNC1=CC(=O)CC1. The highest BCUT2D eigenvalue weighted by molar-refractivity contribution is 5.93. The Hall–Kier alpha value is -1.32. The first-order valence-corrected chi connectivity index (χ1v) is 4.46. The van der Waals surface area contributed by atoms with E-state index in [0.717, 1.165) is 12.1 Å². The molecular formula is C9H14N2O2. The van der Waals surface area contributed by atoms with Crippen LogP contribution in [0.4, 0.5) is 0 Å². The maximum absolute atomic E-state index is 11.0. The number of hydrogen-bond acceptors (Lipinski definition) is 3. The largest absolute Gasteiger partial charge is 0.379 e. The zero-order valence-corrected chi connectivity index (χ0v) is 7.72. The average molecular weight is 182 g/mol. The van der Waals surface area contributed by atoms with E-state index >= 15 is 0 Å². The minimum Gasteiger partial charge on any atom is -0.379 e. The summed E-state index contributed by atoms with van der Waals surface area (Å²) in [6, 6.07) is 0. The Kier molecular flexibility index (Phi) is 3.49. The lowest BCUT2D eigenvalue weighted by Crippen LogP contribution is -2.32. The van der Waals surface area contributed by atoms with E-state index in [-0.39, 0.29) is 18.2 Å². The molecule has 1 rings (SSSR count). The Morgan fingerprint density at radius 3 is 2.85 bits per heavy atom. The third kappa shape index (κ3) is 3.27. The van der Waals surface area contributed by atoms with E-state index in [1.54, 1.807) is 6.08 Å².